The molecule has 0 fully saturated rings. The maximum atomic E-state index is 11.8. The number of hydrogen-bond acceptors (Lipinski definition) is 4. The minimum Gasteiger partial charge on any atom is -0.497 e. The first-order chi connectivity index (χ1) is 9.15. The highest BCUT2D eigenvalue weighted by Crippen LogP contribution is 2.15. The molecule has 102 valence electrons. The van der Waals surface area contributed by atoms with Gasteiger partial charge in [-0.15, -0.1) is 0 Å². The molecule has 1 heterocycles. The third-order valence-corrected chi connectivity index (χ3v) is 3.00. The summed E-state index contributed by atoms with van der Waals surface area (Å²) >= 11 is 0. The molecule has 1 N–H and O–H groups in total. The van der Waals surface area contributed by atoms with Crippen molar-refractivity contribution in [3.8, 4) is 5.75 Å². The van der Waals surface area contributed by atoms with Gasteiger partial charge in [0.25, 0.3) is 0 Å². The van der Waals surface area contributed by atoms with Crippen molar-refractivity contribution in [1.82, 2.24) is 14.8 Å². The number of benzene rings is 1. The number of ether oxygens (including phenoxy) is 2. The summed E-state index contributed by atoms with van der Waals surface area (Å²) in [6.45, 7) is 2.29. The largest absolute Gasteiger partial charge is 0.497 e. The van der Waals surface area contributed by atoms with E-state index in [9.17, 15) is 4.79 Å². The predicted molar refractivity (Wildman–Crippen MR) is 70.4 cm³/mol. The highest BCUT2D eigenvalue weighted by molar-refractivity contribution is 5.27. The Bertz CT molecular complexity index is 586. The minimum atomic E-state index is -0.241. The second-order valence-corrected chi connectivity index (χ2v) is 4.20. The summed E-state index contributed by atoms with van der Waals surface area (Å²) in [7, 11) is 3.20. The first kappa shape index (κ1) is 13.4. The third kappa shape index (κ3) is 2.85. The van der Waals surface area contributed by atoms with Gasteiger partial charge in [-0.05, 0) is 24.6 Å². The van der Waals surface area contributed by atoms with Crippen molar-refractivity contribution in [3.63, 3.8) is 0 Å². The molecule has 0 aliphatic rings. The topological polar surface area (TPSA) is 69.1 Å². The van der Waals surface area contributed by atoms with E-state index < -0.39 is 0 Å². The van der Waals surface area contributed by atoms with Crippen LogP contribution in [0.15, 0.2) is 29.1 Å². The van der Waals surface area contributed by atoms with Gasteiger partial charge in [0.1, 0.15) is 11.9 Å². The number of rotatable bonds is 5. The van der Waals surface area contributed by atoms with Gasteiger partial charge in [-0.25, -0.2) is 9.89 Å². The first-order valence-electron chi connectivity index (χ1n) is 5.96. The molecule has 0 saturated heterocycles. The van der Waals surface area contributed by atoms with Crippen LogP contribution < -0.4 is 10.4 Å². The lowest BCUT2D eigenvalue weighted by Crippen LogP contribution is -2.21. The lowest BCUT2D eigenvalue weighted by Gasteiger charge is -2.11. The maximum absolute atomic E-state index is 11.8. The average molecular weight is 263 g/mol. The standard InChI is InChI=1S/C13H17N3O3/c1-9(18-2)12-14-15-13(17)16(12)8-10-4-6-11(19-3)7-5-10/h4-7,9H,8H2,1-3H3,(H,15,17)/t9-/m1/s1. The molecule has 6 heteroatoms. The molecule has 0 unspecified atom stereocenters. The van der Waals surface area contributed by atoms with Gasteiger partial charge in [0.2, 0.25) is 0 Å². The van der Waals surface area contributed by atoms with Crippen molar-refractivity contribution in [2.45, 2.75) is 19.6 Å². The van der Waals surface area contributed by atoms with Crippen LogP contribution >= 0.6 is 0 Å². The van der Waals surface area contributed by atoms with Crippen LogP contribution in [0.25, 0.3) is 0 Å². The summed E-state index contributed by atoms with van der Waals surface area (Å²) in [5.41, 5.74) is 0.753. The van der Waals surface area contributed by atoms with E-state index in [0.29, 0.717) is 12.4 Å². The molecule has 0 amide bonds. The molecule has 0 aliphatic heterocycles. The highest BCUT2D eigenvalue weighted by atomic mass is 16.5. The van der Waals surface area contributed by atoms with Gasteiger partial charge in [0.15, 0.2) is 5.82 Å². The number of hydrogen-bond donors (Lipinski definition) is 1. The quantitative estimate of drug-likeness (QED) is 0.883. The Morgan fingerprint density at radius 3 is 2.58 bits per heavy atom. The molecule has 0 radical (unpaired) electrons. The Morgan fingerprint density at radius 1 is 1.32 bits per heavy atom. The van der Waals surface area contributed by atoms with Crippen molar-refractivity contribution >= 4 is 0 Å². The van der Waals surface area contributed by atoms with Crippen LogP contribution in [0.4, 0.5) is 0 Å². The number of nitrogens with zero attached hydrogens (tertiary/aromatic N) is 2. The molecule has 2 rings (SSSR count). The van der Waals surface area contributed by atoms with E-state index in [1.54, 1.807) is 18.8 Å². The van der Waals surface area contributed by atoms with Crippen molar-refractivity contribution in [1.29, 1.82) is 0 Å². The lowest BCUT2D eigenvalue weighted by atomic mass is 10.2. The van der Waals surface area contributed by atoms with E-state index in [1.807, 2.05) is 31.2 Å². The summed E-state index contributed by atoms with van der Waals surface area (Å²) in [6, 6.07) is 7.55. The summed E-state index contributed by atoms with van der Waals surface area (Å²) < 4.78 is 11.9. The average Bonchev–Trinajstić information content (AvgIpc) is 2.80. The number of nitrogens with one attached hydrogen (secondary N) is 1. The number of H-pyrrole nitrogens is 1. The molecule has 0 saturated carbocycles. The summed E-state index contributed by atoms with van der Waals surface area (Å²) in [5.74, 6) is 1.37. The van der Waals surface area contributed by atoms with Crippen LogP contribution in [0.5, 0.6) is 5.75 Å². The smallest absolute Gasteiger partial charge is 0.343 e. The normalized spacial score (nSPS) is 12.4. The van der Waals surface area contributed by atoms with E-state index in [4.69, 9.17) is 9.47 Å². The van der Waals surface area contributed by atoms with Gasteiger partial charge < -0.3 is 9.47 Å². The second-order valence-electron chi connectivity index (χ2n) is 4.20. The van der Waals surface area contributed by atoms with Gasteiger partial charge in [-0.3, -0.25) is 4.57 Å². The van der Waals surface area contributed by atoms with Crippen molar-refractivity contribution in [2.75, 3.05) is 14.2 Å². The van der Waals surface area contributed by atoms with E-state index in [0.717, 1.165) is 11.3 Å². The molecular formula is C13H17N3O3. The van der Waals surface area contributed by atoms with Gasteiger partial charge >= 0.3 is 5.69 Å². The van der Waals surface area contributed by atoms with Crippen LogP contribution in [-0.2, 0) is 11.3 Å². The molecule has 0 spiro atoms. The summed E-state index contributed by atoms with van der Waals surface area (Å²) in [4.78, 5) is 11.8. The van der Waals surface area contributed by atoms with Crippen molar-refractivity contribution < 1.29 is 9.47 Å². The molecule has 19 heavy (non-hydrogen) atoms. The molecule has 2 aromatic rings. The van der Waals surface area contributed by atoms with Crippen LogP contribution in [0.2, 0.25) is 0 Å². The number of aromatic amines is 1. The van der Waals surface area contributed by atoms with Crippen LogP contribution in [0, 0.1) is 0 Å². The number of aromatic nitrogens is 3. The highest BCUT2D eigenvalue weighted by Gasteiger charge is 2.15. The second kappa shape index (κ2) is 5.71. The van der Waals surface area contributed by atoms with E-state index >= 15 is 0 Å². The van der Waals surface area contributed by atoms with Crippen molar-refractivity contribution in [2.24, 2.45) is 0 Å². The maximum Gasteiger partial charge on any atom is 0.343 e. The van der Waals surface area contributed by atoms with Gasteiger partial charge in [0.05, 0.1) is 13.7 Å². The molecule has 0 aliphatic carbocycles. The van der Waals surface area contributed by atoms with Gasteiger partial charge in [-0.2, -0.15) is 5.10 Å². The summed E-state index contributed by atoms with van der Waals surface area (Å²) in [6.07, 6.45) is -0.239. The molecule has 1 atom stereocenters. The minimum absolute atomic E-state index is 0.239. The fourth-order valence-electron chi connectivity index (χ4n) is 1.81. The third-order valence-electron chi connectivity index (χ3n) is 3.00. The number of methoxy groups -OCH3 is 2. The lowest BCUT2D eigenvalue weighted by molar-refractivity contribution is 0.108. The zero-order valence-corrected chi connectivity index (χ0v) is 11.2. The molecule has 1 aromatic heterocycles. The molecule has 0 bridgehead atoms. The van der Waals surface area contributed by atoms with E-state index in [-0.39, 0.29) is 11.8 Å². The summed E-state index contributed by atoms with van der Waals surface area (Å²) in [5, 5.41) is 6.44. The molecule has 6 nitrogen and oxygen atoms in total. The van der Waals surface area contributed by atoms with E-state index in [1.165, 1.54) is 0 Å². The van der Waals surface area contributed by atoms with Gasteiger partial charge in [-0.1, -0.05) is 12.1 Å². The monoisotopic (exact) mass is 263 g/mol. The van der Waals surface area contributed by atoms with Crippen molar-refractivity contribution in [3.05, 3.63) is 46.1 Å². The predicted octanol–water partition coefficient (Wildman–Crippen LogP) is 1.34. The Labute approximate surface area is 111 Å². The SMILES string of the molecule is COc1ccc(Cn2c([C@@H](C)OC)n[nH]c2=O)cc1. The first-order valence-corrected chi connectivity index (χ1v) is 5.96. The molecular weight excluding hydrogens is 246 g/mol. The molecule has 1 aromatic carbocycles. The Kier molecular flexibility index (Phi) is 4.01. The zero-order valence-electron chi connectivity index (χ0n) is 11.2. The van der Waals surface area contributed by atoms with E-state index in [2.05, 4.69) is 10.2 Å². The fourth-order valence-corrected chi connectivity index (χ4v) is 1.81. The van der Waals surface area contributed by atoms with Crippen LogP contribution in [0.3, 0.4) is 0 Å². The Hall–Kier alpha value is -2.08. The van der Waals surface area contributed by atoms with Gasteiger partial charge in [0, 0.05) is 7.11 Å². The van der Waals surface area contributed by atoms with Crippen LogP contribution in [-0.4, -0.2) is 29.0 Å². The Morgan fingerprint density at radius 2 is 2.00 bits per heavy atom. The van der Waals surface area contributed by atoms with Crippen LogP contribution in [0.1, 0.15) is 24.4 Å². The zero-order chi connectivity index (χ0) is 13.8. The fraction of sp³-hybridized carbons (Fsp3) is 0.385. The Balaban J connectivity index is 2.27.